The van der Waals surface area contributed by atoms with Gasteiger partial charge in [0.25, 0.3) is 0 Å². The van der Waals surface area contributed by atoms with Crippen LogP contribution in [0.3, 0.4) is 0 Å². The second kappa shape index (κ2) is 11.1. The second-order valence-corrected chi connectivity index (χ2v) is 16.1. The van der Waals surface area contributed by atoms with Crippen molar-refractivity contribution in [1.29, 1.82) is 5.26 Å². The molecule has 3 saturated carbocycles. The fraction of sp³-hybridized carbons (Fsp3) is 0.515. The van der Waals surface area contributed by atoms with E-state index in [1.54, 1.807) is 12.3 Å². The first kappa shape index (κ1) is 28.6. The molecular formula is C33H35FN4O3S2. The lowest BCUT2D eigenvalue weighted by Gasteiger charge is -2.31. The van der Waals surface area contributed by atoms with Gasteiger partial charge in [-0.2, -0.15) is 5.26 Å². The third-order valence-electron chi connectivity index (χ3n) is 9.71. The van der Waals surface area contributed by atoms with Crippen LogP contribution in [0.4, 0.5) is 10.1 Å². The molecule has 1 aromatic carbocycles. The average molecular weight is 619 g/mol. The molecule has 3 heterocycles. The molecule has 7 rings (SSSR count). The van der Waals surface area contributed by atoms with E-state index in [-0.39, 0.29) is 40.9 Å². The van der Waals surface area contributed by atoms with Crippen LogP contribution in [0.15, 0.2) is 36.5 Å². The number of aromatic nitrogens is 2. The highest BCUT2D eigenvalue weighted by Gasteiger charge is 2.47. The molecule has 1 aliphatic heterocycles. The van der Waals surface area contributed by atoms with Crippen molar-refractivity contribution in [2.24, 2.45) is 11.3 Å². The monoisotopic (exact) mass is 618 g/mol. The number of ketones is 1. The van der Waals surface area contributed by atoms with Crippen molar-refractivity contribution in [1.82, 2.24) is 9.97 Å². The van der Waals surface area contributed by atoms with Gasteiger partial charge in [-0.25, -0.2) is 17.8 Å². The highest BCUT2D eigenvalue weighted by molar-refractivity contribution is 7.91. The fourth-order valence-corrected chi connectivity index (χ4v) is 9.04. The maximum atomic E-state index is 15.0. The van der Waals surface area contributed by atoms with Gasteiger partial charge in [0.05, 0.1) is 39.3 Å². The van der Waals surface area contributed by atoms with Gasteiger partial charge in [0.1, 0.15) is 16.6 Å². The van der Waals surface area contributed by atoms with E-state index in [9.17, 15) is 18.5 Å². The normalized spacial score (nSPS) is 24.3. The first-order valence-corrected chi connectivity index (χ1v) is 18.0. The Labute approximate surface area is 256 Å². The molecule has 2 aromatic heterocycles. The fourth-order valence-electron chi connectivity index (χ4n) is 6.72. The molecule has 0 radical (unpaired) electrons. The molecule has 0 unspecified atom stereocenters. The number of pyridine rings is 1. The van der Waals surface area contributed by atoms with Gasteiger partial charge in [0.15, 0.2) is 9.84 Å². The molecule has 43 heavy (non-hydrogen) atoms. The summed E-state index contributed by atoms with van der Waals surface area (Å²) in [5, 5.41) is 10.3. The summed E-state index contributed by atoms with van der Waals surface area (Å²) in [4.78, 5) is 26.3. The number of anilines is 1. The van der Waals surface area contributed by atoms with E-state index in [2.05, 4.69) is 16.0 Å². The van der Waals surface area contributed by atoms with Crippen LogP contribution in [0.2, 0.25) is 0 Å². The van der Waals surface area contributed by atoms with Gasteiger partial charge in [-0.15, -0.1) is 11.3 Å². The van der Waals surface area contributed by atoms with E-state index in [4.69, 9.17) is 4.98 Å². The molecule has 3 aliphatic carbocycles. The highest BCUT2D eigenvalue weighted by atomic mass is 32.2. The molecule has 3 aromatic rings. The van der Waals surface area contributed by atoms with Crippen molar-refractivity contribution in [3.8, 4) is 27.1 Å². The van der Waals surface area contributed by atoms with Gasteiger partial charge >= 0.3 is 0 Å². The van der Waals surface area contributed by atoms with Gasteiger partial charge in [0.2, 0.25) is 0 Å². The summed E-state index contributed by atoms with van der Waals surface area (Å²) in [6, 6.07) is 12.1. The van der Waals surface area contributed by atoms with Crippen molar-refractivity contribution < 1.29 is 17.6 Å². The zero-order chi connectivity index (χ0) is 29.8. The maximum absolute atomic E-state index is 15.0. The Morgan fingerprint density at radius 3 is 2.42 bits per heavy atom. The number of halogens is 1. The molecule has 224 valence electrons. The number of carbonyl (C=O) groups is 1. The second-order valence-electron chi connectivity index (χ2n) is 12.8. The van der Waals surface area contributed by atoms with E-state index in [0.29, 0.717) is 35.8 Å². The van der Waals surface area contributed by atoms with Crippen molar-refractivity contribution in [3.63, 3.8) is 0 Å². The molecule has 0 bridgehead atoms. The molecule has 1 saturated heterocycles. The topological polar surface area (TPSA) is 104 Å². The number of nitriles is 1. The predicted octanol–water partition coefficient (Wildman–Crippen LogP) is 6.66. The van der Waals surface area contributed by atoms with E-state index in [0.717, 1.165) is 73.2 Å². The van der Waals surface area contributed by atoms with Crippen LogP contribution in [0.25, 0.3) is 21.0 Å². The van der Waals surface area contributed by atoms with Crippen molar-refractivity contribution >= 4 is 32.6 Å². The summed E-state index contributed by atoms with van der Waals surface area (Å²) in [7, 11) is -2.97. The summed E-state index contributed by atoms with van der Waals surface area (Å²) in [6.07, 6.45) is 9.21. The number of thiazole rings is 1. The van der Waals surface area contributed by atoms with Gasteiger partial charge < -0.3 is 4.90 Å². The van der Waals surface area contributed by atoms with E-state index in [1.807, 2.05) is 24.3 Å². The molecule has 4 fully saturated rings. The lowest BCUT2D eigenvalue weighted by molar-refractivity contribution is -0.125. The Morgan fingerprint density at radius 1 is 1.05 bits per heavy atom. The van der Waals surface area contributed by atoms with Crippen LogP contribution in [0.5, 0.6) is 0 Å². The summed E-state index contributed by atoms with van der Waals surface area (Å²) in [6.45, 7) is 0.951. The molecular weight excluding hydrogens is 584 g/mol. The van der Waals surface area contributed by atoms with E-state index < -0.39 is 15.3 Å². The van der Waals surface area contributed by atoms with Crippen LogP contribution in [-0.4, -0.2) is 48.8 Å². The standard InChI is InChI=1S/C33H35FN4O3S2/c34-27-17-23(19-36-29(27)21-5-6-21)32-37-30(26-4-2-1-3-25(26)28(39)18-33(20-35)11-12-33)31(42-32)22-7-9-24(10-8-22)38-13-15-43(40,41)16-14-38/h7-10,17,19,21,25-26H,1-6,11-16,18H2/t25-,26-/m1/s1. The SMILES string of the molecule is N#CC1(CC(=O)[C@@H]2CCCC[C@H]2c2nc(-c3cnc(C4CC4)c(F)c3)sc2-c2ccc(N3CCS(=O)(=O)CC3)cc2)CC1. The summed E-state index contributed by atoms with van der Waals surface area (Å²) in [5.41, 5.74) is 3.53. The number of hydrogen-bond acceptors (Lipinski definition) is 8. The molecule has 0 N–H and O–H groups in total. The van der Waals surface area contributed by atoms with E-state index >= 15 is 4.39 Å². The molecule has 7 nitrogen and oxygen atoms in total. The van der Waals surface area contributed by atoms with Crippen molar-refractivity contribution in [3.05, 3.63) is 53.7 Å². The van der Waals surface area contributed by atoms with Crippen LogP contribution in [0, 0.1) is 28.5 Å². The van der Waals surface area contributed by atoms with Gasteiger partial charge in [0, 0.05) is 54.7 Å². The minimum atomic E-state index is -2.97. The minimum absolute atomic E-state index is 0.0636. The maximum Gasteiger partial charge on any atom is 0.153 e. The molecule has 4 aliphatic rings. The number of rotatable bonds is 8. The van der Waals surface area contributed by atoms with Crippen LogP contribution in [0.1, 0.15) is 81.0 Å². The molecule has 10 heteroatoms. The van der Waals surface area contributed by atoms with Crippen LogP contribution in [-0.2, 0) is 14.6 Å². The third kappa shape index (κ3) is 5.86. The number of sulfone groups is 1. The van der Waals surface area contributed by atoms with E-state index in [1.165, 1.54) is 11.3 Å². The lowest BCUT2D eigenvalue weighted by atomic mass is 9.73. The lowest BCUT2D eigenvalue weighted by Crippen LogP contribution is -2.40. The highest BCUT2D eigenvalue weighted by Crippen LogP contribution is 2.52. The van der Waals surface area contributed by atoms with Crippen molar-refractivity contribution in [2.75, 3.05) is 29.5 Å². The Kier molecular flexibility index (Phi) is 7.37. The van der Waals surface area contributed by atoms with Crippen LogP contribution < -0.4 is 4.90 Å². The summed E-state index contributed by atoms with van der Waals surface area (Å²) in [5.74, 6) is 0.161. The number of carbonyl (C=O) groups excluding carboxylic acids is 1. The smallest absolute Gasteiger partial charge is 0.153 e. The largest absolute Gasteiger partial charge is 0.369 e. The minimum Gasteiger partial charge on any atom is -0.369 e. The summed E-state index contributed by atoms with van der Waals surface area (Å²) < 4.78 is 38.9. The van der Waals surface area contributed by atoms with Crippen LogP contribution >= 0.6 is 11.3 Å². The summed E-state index contributed by atoms with van der Waals surface area (Å²) >= 11 is 1.51. The Bertz CT molecular complexity index is 1690. The number of hydrogen-bond donors (Lipinski definition) is 0. The number of nitrogens with zero attached hydrogens (tertiary/aromatic N) is 4. The molecule has 2 atom stereocenters. The average Bonchev–Trinajstić information content (AvgIpc) is 3.95. The molecule has 0 amide bonds. The number of Topliss-reactive ketones (excluding diaryl/α,β-unsaturated/α-hetero) is 1. The third-order valence-corrected chi connectivity index (χ3v) is 12.5. The zero-order valence-corrected chi connectivity index (χ0v) is 25.7. The van der Waals surface area contributed by atoms with Crippen molar-refractivity contribution in [2.45, 2.75) is 69.6 Å². The Morgan fingerprint density at radius 2 is 1.77 bits per heavy atom. The molecule has 0 spiro atoms. The van der Waals surface area contributed by atoms with Gasteiger partial charge in [-0.1, -0.05) is 25.0 Å². The first-order chi connectivity index (χ1) is 20.7. The zero-order valence-electron chi connectivity index (χ0n) is 24.1. The number of benzene rings is 1. The predicted molar refractivity (Wildman–Crippen MR) is 165 cm³/mol. The van der Waals surface area contributed by atoms with Gasteiger partial charge in [-0.05, 0) is 62.3 Å². The Balaban J connectivity index is 1.24. The quantitative estimate of drug-likeness (QED) is 0.278. The Hall–Kier alpha value is -3.16. The van der Waals surface area contributed by atoms with Gasteiger partial charge in [-0.3, -0.25) is 9.78 Å². The first-order valence-electron chi connectivity index (χ1n) is 15.4.